The summed E-state index contributed by atoms with van der Waals surface area (Å²) in [6.07, 6.45) is 12.0. The topological polar surface area (TPSA) is 35.2 Å². The SMILES string of the molecule is CCC1CCC(CN)(OC2CCCC(C)C2)CC1. The van der Waals surface area contributed by atoms with Crippen LogP contribution in [0.2, 0.25) is 0 Å². The molecule has 0 radical (unpaired) electrons. The predicted molar refractivity (Wildman–Crippen MR) is 76.5 cm³/mol. The summed E-state index contributed by atoms with van der Waals surface area (Å²) in [4.78, 5) is 0. The summed E-state index contributed by atoms with van der Waals surface area (Å²) in [5, 5.41) is 0. The number of rotatable bonds is 4. The van der Waals surface area contributed by atoms with E-state index in [9.17, 15) is 0 Å². The first-order chi connectivity index (χ1) is 8.67. The van der Waals surface area contributed by atoms with Gasteiger partial charge in [-0.25, -0.2) is 0 Å². The van der Waals surface area contributed by atoms with E-state index in [4.69, 9.17) is 10.5 Å². The van der Waals surface area contributed by atoms with Gasteiger partial charge >= 0.3 is 0 Å². The van der Waals surface area contributed by atoms with Crippen LogP contribution in [0, 0.1) is 11.8 Å². The minimum atomic E-state index is 0.0212. The maximum absolute atomic E-state index is 6.51. The molecule has 2 fully saturated rings. The summed E-state index contributed by atoms with van der Waals surface area (Å²) in [7, 11) is 0. The van der Waals surface area contributed by atoms with Crippen molar-refractivity contribution < 1.29 is 4.74 Å². The highest BCUT2D eigenvalue weighted by Gasteiger charge is 2.37. The Hall–Kier alpha value is -0.0800. The summed E-state index contributed by atoms with van der Waals surface area (Å²) >= 11 is 0. The second kappa shape index (κ2) is 6.38. The zero-order valence-corrected chi connectivity index (χ0v) is 12.3. The monoisotopic (exact) mass is 253 g/mol. The van der Waals surface area contributed by atoms with E-state index in [0.717, 1.165) is 11.8 Å². The van der Waals surface area contributed by atoms with Crippen LogP contribution in [0.4, 0.5) is 0 Å². The molecule has 0 amide bonds. The summed E-state index contributed by atoms with van der Waals surface area (Å²) in [6.45, 7) is 5.39. The van der Waals surface area contributed by atoms with Crippen molar-refractivity contribution in [1.29, 1.82) is 0 Å². The second-order valence-corrected chi connectivity index (χ2v) is 6.75. The van der Waals surface area contributed by atoms with Crippen LogP contribution in [0.5, 0.6) is 0 Å². The molecule has 106 valence electrons. The lowest BCUT2D eigenvalue weighted by molar-refractivity contribution is -0.128. The lowest BCUT2D eigenvalue weighted by Gasteiger charge is -2.43. The van der Waals surface area contributed by atoms with Crippen LogP contribution in [-0.4, -0.2) is 18.2 Å². The maximum Gasteiger partial charge on any atom is 0.0808 e. The number of hydrogen-bond donors (Lipinski definition) is 1. The zero-order chi connectivity index (χ0) is 13.0. The molecule has 18 heavy (non-hydrogen) atoms. The fraction of sp³-hybridized carbons (Fsp3) is 1.00. The Morgan fingerprint density at radius 1 is 1.17 bits per heavy atom. The third kappa shape index (κ3) is 3.48. The first-order valence-electron chi connectivity index (χ1n) is 8.05. The Kier molecular flexibility index (Phi) is 5.08. The van der Waals surface area contributed by atoms with E-state index in [2.05, 4.69) is 13.8 Å². The molecule has 0 aromatic rings. The van der Waals surface area contributed by atoms with Gasteiger partial charge in [0.15, 0.2) is 0 Å². The van der Waals surface area contributed by atoms with Gasteiger partial charge in [0.1, 0.15) is 0 Å². The minimum Gasteiger partial charge on any atom is -0.370 e. The molecule has 2 heteroatoms. The van der Waals surface area contributed by atoms with Crippen molar-refractivity contribution >= 4 is 0 Å². The molecule has 2 aliphatic carbocycles. The van der Waals surface area contributed by atoms with Gasteiger partial charge in [-0.3, -0.25) is 0 Å². The number of hydrogen-bond acceptors (Lipinski definition) is 2. The van der Waals surface area contributed by atoms with E-state index < -0.39 is 0 Å². The largest absolute Gasteiger partial charge is 0.370 e. The highest BCUT2D eigenvalue weighted by atomic mass is 16.5. The Bertz CT molecular complexity index is 245. The van der Waals surface area contributed by atoms with Crippen molar-refractivity contribution in [1.82, 2.24) is 0 Å². The fourth-order valence-electron chi connectivity index (χ4n) is 3.82. The molecule has 0 bridgehead atoms. The quantitative estimate of drug-likeness (QED) is 0.825. The zero-order valence-electron chi connectivity index (χ0n) is 12.3. The summed E-state index contributed by atoms with van der Waals surface area (Å²) in [6, 6.07) is 0. The van der Waals surface area contributed by atoms with Gasteiger partial charge in [-0.05, 0) is 50.4 Å². The van der Waals surface area contributed by atoms with Crippen LogP contribution in [0.3, 0.4) is 0 Å². The van der Waals surface area contributed by atoms with Gasteiger partial charge in [0, 0.05) is 6.54 Å². The van der Waals surface area contributed by atoms with Crippen molar-refractivity contribution in [3.63, 3.8) is 0 Å². The number of ether oxygens (including phenoxy) is 1. The van der Waals surface area contributed by atoms with Crippen LogP contribution in [0.15, 0.2) is 0 Å². The molecule has 0 heterocycles. The molecule has 2 unspecified atom stereocenters. The summed E-state index contributed by atoms with van der Waals surface area (Å²) in [5.74, 6) is 1.75. The third-order valence-electron chi connectivity index (χ3n) is 5.27. The number of nitrogens with two attached hydrogens (primary N) is 1. The van der Waals surface area contributed by atoms with Crippen molar-refractivity contribution in [3.8, 4) is 0 Å². The Balaban J connectivity index is 1.88. The van der Waals surface area contributed by atoms with Gasteiger partial charge in [0.05, 0.1) is 11.7 Å². The molecule has 2 aliphatic rings. The van der Waals surface area contributed by atoms with E-state index in [0.29, 0.717) is 12.6 Å². The van der Waals surface area contributed by atoms with Gasteiger partial charge in [0.2, 0.25) is 0 Å². The van der Waals surface area contributed by atoms with E-state index in [1.807, 2.05) is 0 Å². The molecule has 0 aromatic heterocycles. The predicted octanol–water partition coefficient (Wildman–Crippen LogP) is 3.88. The fourth-order valence-corrected chi connectivity index (χ4v) is 3.82. The van der Waals surface area contributed by atoms with Crippen LogP contribution < -0.4 is 5.73 Å². The van der Waals surface area contributed by atoms with Crippen LogP contribution in [-0.2, 0) is 4.74 Å². The molecular weight excluding hydrogens is 222 g/mol. The van der Waals surface area contributed by atoms with Crippen molar-refractivity contribution in [3.05, 3.63) is 0 Å². The average Bonchev–Trinajstić information content (AvgIpc) is 2.39. The Morgan fingerprint density at radius 3 is 2.44 bits per heavy atom. The van der Waals surface area contributed by atoms with Gasteiger partial charge in [0.25, 0.3) is 0 Å². The standard InChI is InChI=1S/C16H31NO/c1-3-14-7-9-16(12-17,10-8-14)18-15-6-4-5-13(2)11-15/h13-15H,3-12,17H2,1-2H3. The van der Waals surface area contributed by atoms with Gasteiger partial charge in [-0.1, -0.05) is 33.1 Å². The van der Waals surface area contributed by atoms with Crippen molar-refractivity contribution in [2.24, 2.45) is 17.6 Å². The normalized spacial score (nSPS) is 41.8. The van der Waals surface area contributed by atoms with E-state index in [1.165, 1.54) is 57.8 Å². The lowest BCUT2D eigenvalue weighted by Crippen LogP contribution is -2.47. The van der Waals surface area contributed by atoms with Crippen LogP contribution in [0.1, 0.15) is 71.6 Å². The molecule has 2 nitrogen and oxygen atoms in total. The first kappa shape index (κ1) is 14.3. The van der Waals surface area contributed by atoms with E-state index >= 15 is 0 Å². The van der Waals surface area contributed by atoms with Crippen molar-refractivity contribution in [2.75, 3.05) is 6.54 Å². The summed E-state index contributed by atoms with van der Waals surface area (Å²) < 4.78 is 6.51. The molecule has 0 saturated heterocycles. The van der Waals surface area contributed by atoms with Crippen LogP contribution in [0.25, 0.3) is 0 Å². The van der Waals surface area contributed by atoms with Crippen molar-refractivity contribution in [2.45, 2.75) is 83.3 Å². The first-order valence-corrected chi connectivity index (χ1v) is 8.05. The molecule has 2 saturated carbocycles. The van der Waals surface area contributed by atoms with E-state index in [1.54, 1.807) is 0 Å². The highest BCUT2D eigenvalue weighted by molar-refractivity contribution is 4.90. The van der Waals surface area contributed by atoms with Gasteiger partial charge < -0.3 is 10.5 Å². The maximum atomic E-state index is 6.51. The van der Waals surface area contributed by atoms with Gasteiger partial charge in [-0.2, -0.15) is 0 Å². The Morgan fingerprint density at radius 2 is 1.89 bits per heavy atom. The average molecular weight is 253 g/mol. The van der Waals surface area contributed by atoms with Crippen LogP contribution >= 0.6 is 0 Å². The molecule has 0 aromatic carbocycles. The molecule has 0 aliphatic heterocycles. The third-order valence-corrected chi connectivity index (χ3v) is 5.27. The van der Waals surface area contributed by atoms with Gasteiger partial charge in [-0.15, -0.1) is 0 Å². The minimum absolute atomic E-state index is 0.0212. The molecular formula is C16H31NO. The lowest BCUT2D eigenvalue weighted by atomic mass is 9.77. The molecule has 2 rings (SSSR count). The molecule has 2 atom stereocenters. The highest BCUT2D eigenvalue weighted by Crippen LogP contribution is 2.38. The second-order valence-electron chi connectivity index (χ2n) is 6.75. The molecule has 0 spiro atoms. The summed E-state index contributed by atoms with van der Waals surface area (Å²) in [5.41, 5.74) is 6.07. The molecule has 2 N–H and O–H groups in total. The van der Waals surface area contributed by atoms with E-state index in [-0.39, 0.29) is 5.60 Å². The smallest absolute Gasteiger partial charge is 0.0808 e. The Labute approximate surface area is 113 Å².